The van der Waals surface area contributed by atoms with E-state index in [0.29, 0.717) is 17.2 Å². The molecule has 0 fully saturated rings. The lowest BCUT2D eigenvalue weighted by molar-refractivity contribution is -0.117. The van der Waals surface area contributed by atoms with Crippen molar-refractivity contribution in [3.05, 3.63) is 84.9 Å². The first-order valence-electron chi connectivity index (χ1n) is 8.66. The molecule has 0 radical (unpaired) electrons. The smallest absolute Gasteiger partial charge is 0.242 e. The highest BCUT2D eigenvalue weighted by molar-refractivity contribution is 7.89. The Bertz CT molecular complexity index is 1040. The summed E-state index contributed by atoms with van der Waals surface area (Å²) in [5.74, 6) is 0.589. The lowest BCUT2D eigenvalue weighted by Gasteiger charge is -2.16. The van der Waals surface area contributed by atoms with Crippen molar-refractivity contribution >= 4 is 21.6 Å². The molecule has 0 aliphatic carbocycles. The van der Waals surface area contributed by atoms with Crippen LogP contribution in [0.1, 0.15) is 6.92 Å². The van der Waals surface area contributed by atoms with Crippen LogP contribution >= 0.6 is 0 Å². The van der Waals surface area contributed by atoms with Gasteiger partial charge in [-0.2, -0.15) is 4.72 Å². The van der Waals surface area contributed by atoms with Gasteiger partial charge in [0.2, 0.25) is 15.9 Å². The number of rotatable bonds is 7. The maximum Gasteiger partial charge on any atom is 0.242 e. The second kappa shape index (κ2) is 8.69. The predicted molar refractivity (Wildman–Crippen MR) is 108 cm³/mol. The number of anilines is 1. The molecule has 3 rings (SSSR count). The molecule has 144 valence electrons. The highest BCUT2D eigenvalue weighted by Gasteiger charge is 2.22. The van der Waals surface area contributed by atoms with Gasteiger partial charge >= 0.3 is 0 Å². The Morgan fingerprint density at radius 1 is 0.857 bits per heavy atom. The SMILES string of the molecule is C[C@@H](NS(=O)(=O)c1ccccc1)C(=O)Nc1ccccc1Oc1ccccc1. The summed E-state index contributed by atoms with van der Waals surface area (Å²) in [6.07, 6.45) is 0. The second-order valence-corrected chi connectivity index (χ2v) is 7.77. The average molecular weight is 396 g/mol. The second-order valence-electron chi connectivity index (χ2n) is 6.06. The van der Waals surface area contributed by atoms with Crippen molar-refractivity contribution in [2.45, 2.75) is 17.9 Å². The van der Waals surface area contributed by atoms with E-state index in [1.165, 1.54) is 19.1 Å². The summed E-state index contributed by atoms with van der Waals surface area (Å²) in [4.78, 5) is 12.6. The molecule has 0 heterocycles. The number of sulfonamides is 1. The van der Waals surface area contributed by atoms with Crippen molar-refractivity contribution < 1.29 is 17.9 Å². The minimum absolute atomic E-state index is 0.0995. The molecule has 28 heavy (non-hydrogen) atoms. The highest BCUT2D eigenvalue weighted by Crippen LogP contribution is 2.29. The molecule has 2 N–H and O–H groups in total. The molecule has 7 heteroatoms. The zero-order valence-electron chi connectivity index (χ0n) is 15.2. The molecule has 0 aromatic heterocycles. The Morgan fingerprint density at radius 3 is 2.11 bits per heavy atom. The van der Waals surface area contributed by atoms with E-state index < -0.39 is 22.0 Å². The van der Waals surface area contributed by atoms with Crippen LogP contribution in [0.3, 0.4) is 0 Å². The van der Waals surface area contributed by atoms with Gasteiger partial charge in [0.1, 0.15) is 5.75 Å². The van der Waals surface area contributed by atoms with E-state index in [2.05, 4.69) is 10.0 Å². The number of hydrogen-bond donors (Lipinski definition) is 2. The quantitative estimate of drug-likeness (QED) is 0.636. The normalized spacial score (nSPS) is 12.2. The molecule has 0 aliphatic heterocycles. The molecule has 1 amide bonds. The molecule has 1 atom stereocenters. The van der Waals surface area contributed by atoms with Gasteiger partial charge in [-0.1, -0.05) is 48.5 Å². The molecule has 0 saturated heterocycles. The molecule has 3 aromatic carbocycles. The van der Waals surface area contributed by atoms with Crippen LogP contribution in [0.2, 0.25) is 0 Å². The molecule has 0 unspecified atom stereocenters. The van der Waals surface area contributed by atoms with Crippen molar-refractivity contribution in [2.24, 2.45) is 0 Å². The van der Waals surface area contributed by atoms with Crippen LogP contribution in [0.5, 0.6) is 11.5 Å². The van der Waals surface area contributed by atoms with Crippen LogP contribution in [0.4, 0.5) is 5.69 Å². The first-order chi connectivity index (χ1) is 13.5. The minimum Gasteiger partial charge on any atom is -0.455 e. The van der Waals surface area contributed by atoms with Crippen LogP contribution < -0.4 is 14.8 Å². The summed E-state index contributed by atoms with van der Waals surface area (Å²) in [6, 6.07) is 23.0. The van der Waals surface area contributed by atoms with Crippen LogP contribution in [0.15, 0.2) is 89.8 Å². The van der Waals surface area contributed by atoms with Crippen molar-refractivity contribution in [3.63, 3.8) is 0 Å². The standard InChI is InChI=1S/C21H20N2O4S/c1-16(23-28(25,26)18-12-6-3-7-13-18)21(24)22-19-14-8-9-15-20(19)27-17-10-4-2-5-11-17/h2-16,23H,1H3,(H,22,24)/t16-/m1/s1. The summed E-state index contributed by atoms with van der Waals surface area (Å²) < 4.78 is 33.0. The zero-order valence-corrected chi connectivity index (χ0v) is 16.0. The van der Waals surface area contributed by atoms with Gasteiger partial charge in [0.15, 0.2) is 5.75 Å². The van der Waals surface area contributed by atoms with Crippen molar-refractivity contribution in [1.29, 1.82) is 0 Å². The van der Waals surface area contributed by atoms with Crippen LogP contribution in [0.25, 0.3) is 0 Å². The van der Waals surface area contributed by atoms with Crippen molar-refractivity contribution in [3.8, 4) is 11.5 Å². The van der Waals surface area contributed by atoms with Gasteiger partial charge in [-0.25, -0.2) is 8.42 Å². The Hall–Kier alpha value is -3.16. The van der Waals surface area contributed by atoms with E-state index in [4.69, 9.17) is 4.74 Å². The van der Waals surface area contributed by atoms with Crippen LogP contribution in [0, 0.1) is 0 Å². The lowest BCUT2D eigenvalue weighted by atomic mass is 10.2. The minimum atomic E-state index is -3.80. The topological polar surface area (TPSA) is 84.5 Å². The number of carbonyl (C=O) groups is 1. The van der Waals surface area contributed by atoms with Gasteiger partial charge < -0.3 is 10.1 Å². The van der Waals surface area contributed by atoms with E-state index in [1.54, 1.807) is 54.6 Å². The third kappa shape index (κ3) is 4.97. The highest BCUT2D eigenvalue weighted by atomic mass is 32.2. The number of hydrogen-bond acceptors (Lipinski definition) is 4. The summed E-state index contributed by atoms with van der Waals surface area (Å²) in [6.45, 7) is 1.48. The van der Waals surface area contributed by atoms with E-state index >= 15 is 0 Å². The van der Waals surface area contributed by atoms with E-state index in [-0.39, 0.29) is 4.90 Å². The number of para-hydroxylation sites is 3. The Balaban J connectivity index is 1.71. The number of carbonyl (C=O) groups excluding carboxylic acids is 1. The molecular weight excluding hydrogens is 376 g/mol. The van der Waals surface area contributed by atoms with Gasteiger partial charge in [-0.3, -0.25) is 4.79 Å². The van der Waals surface area contributed by atoms with Crippen LogP contribution in [-0.4, -0.2) is 20.4 Å². The molecule has 0 bridgehead atoms. The molecule has 6 nitrogen and oxygen atoms in total. The average Bonchev–Trinajstić information content (AvgIpc) is 2.70. The van der Waals surface area contributed by atoms with E-state index in [9.17, 15) is 13.2 Å². The number of ether oxygens (including phenoxy) is 1. The van der Waals surface area contributed by atoms with E-state index in [0.717, 1.165) is 0 Å². The number of nitrogens with one attached hydrogen (secondary N) is 2. The van der Waals surface area contributed by atoms with Gasteiger partial charge in [-0.05, 0) is 43.3 Å². The molecule has 0 aliphatic rings. The fraction of sp³-hybridized carbons (Fsp3) is 0.0952. The fourth-order valence-electron chi connectivity index (χ4n) is 2.47. The van der Waals surface area contributed by atoms with Crippen molar-refractivity contribution in [2.75, 3.05) is 5.32 Å². The Morgan fingerprint density at radius 2 is 1.43 bits per heavy atom. The van der Waals surface area contributed by atoms with Crippen molar-refractivity contribution in [1.82, 2.24) is 4.72 Å². The largest absolute Gasteiger partial charge is 0.455 e. The first kappa shape index (κ1) is 19.6. The Kier molecular flexibility index (Phi) is 6.08. The molecule has 0 spiro atoms. The summed E-state index contributed by atoms with van der Waals surface area (Å²) >= 11 is 0. The summed E-state index contributed by atoms with van der Waals surface area (Å²) in [5, 5.41) is 2.71. The van der Waals surface area contributed by atoms with E-state index in [1.807, 2.05) is 18.2 Å². The number of benzene rings is 3. The summed E-state index contributed by atoms with van der Waals surface area (Å²) in [5.41, 5.74) is 0.446. The molecule has 0 saturated carbocycles. The number of amides is 1. The fourth-order valence-corrected chi connectivity index (χ4v) is 3.69. The zero-order chi connectivity index (χ0) is 20.0. The maximum absolute atomic E-state index is 12.5. The van der Waals surface area contributed by atoms with Gasteiger partial charge in [-0.15, -0.1) is 0 Å². The van der Waals surface area contributed by atoms with Gasteiger partial charge in [0.25, 0.3) is 0 Å². The van der Waals surface area contributed by atoms with Gasteiger partial charge in [0, 0.05) is 0 Å². The lowest BCUT2D eigenvalue weighted by Crippen LogP contribution is -2.41. The first-order valence-corrected chi connectivity index (χ1v) is 10.1. The Labute approximate surface area is 164 Å². The van der Waals surface area contributed by atoms with Crippen LogP contribution in [-0.2, 0) is 14.8 Å². The molecular formula is C21H20N2O4S. The third-order valence-corrected chi connectivity index (χ3v) is 5.45. The predicted octanol–water partition coefficient (Wildman–Crippen LogP) is 3.78. The van der Waals surface area contributed by atoms with Gasteiger partial charge in [0.05, 0.1) is 16.6 Å². The summed E-state index contributed by atoms with van der Waals surface area (Å²) in [7, 11) is -3.80. The molecule has 3 aromatic rings. The monoisotopic (exact) mass is 396 g/mol. The maximum atomic E-state index is 12.5. The third-order valence-electron chi connectivity index (χ3n) is 3.89.